The van der Waals surface area contributed by atoms with E-state index in [9.17, 15) is 12.8 Å². The molecule has 0 N–H and O–H groups in total. The lowest BCUT2D eigenvalue weighted by atomic mass is 10.1. The number of hydrogen-bond acceptors (Lipinski definition) is 4. The summed E-state index contributed by atoms with van der Waals surface area (Å²) in [5, 5.41) is 0.254. The second-order valence-corrected chi connectivity index (χ2v) is 8.83. The van der Waals surface area contributed by atoms with E-state index in [4.69, 9.17) is 22.9 Å². The van der Waals surface area contributed by atoms with Gasteiger partial charge in [-0.25, -0.2) is 22.6 Å². The van der Waals surface area contributed by atoms with Crippen molar-refractivity contribution in [1.82, 2.24) is 9.29 Å². The molecule has 0 bridgehead atoms. The standard InChI is InChI=1S/C20H19ClFN3O3S/c1-3-4-5-14-12-25(29(26,27)20-9-6-15(21)11-24-20)13-19(14)28-16-7-8-18(23-2)17(22)10-16/h5-11,19H,3-4,12-13H2,1H3/b14-5+/t19-/m0/s1. The van der Waals surface area contributed by atoms with E-state index in [0.29, 0.717) is 5.02 Å². The number of aromatic nitrogens is 1. The van der Waals surface area contributed by atoms with Gasteiger partial charge in [0, 0.05) is 18.8 Å². The summed E-state index contributed by atoms with van der Waals surface area (Å²) in [5.74, 6) is -0.435. The van der Waals surface area contributed by atoms with Gasteiger partial charge in [0.2, 0.25) is 5.69 Å². The maximum absolute atomic E-state index is 13.9. The van der Waals surface area contributed by atoms with Crippen LogP contribution in [-0.2, 0) is 10.0 Å². The highest BCUT2D eigenvalue weighted by Crippen LogP contribution is 2.30. The molecule has 0 saturated carbocycles. The number of allylic oxidation sites excluding steroid dienone is 1. The molecule has 2 heterocycles. The number of halogens is 2. The van der Waals surface area contributed by atoms with Crippen molar-refractivity contribution in [3.63, 3.8) is 0 Å². The molecule has 1 aliphatic heterocycles. The van der Waals surface area contributed by atoms with E-state index in [1.54, 1.807) is 0 Å². The molecule has 2 aromatic rings. The summed E-state index contributed by atoms with van der Waals surface area (Å²) in [6.45, 7) is 9.19. The first-order chi connectivity index (χ1) is 13.8. The molecule has 1 fully saturated rings. The van der Waals surface area contributed by atoms with Crippen LogP contribution in [-0.4, -0.2) is 36.9 Å². The first kappa shape index (κ1) is 21.2. The van der Waals surface area contributed by atoms with Crippen LogP contribution < -0.4 is 4.74 Å². The minimum Gasteiger partial charge on any atom is -0.485 e. The zero-order valence-electron chi connectivity index (χ0n) is 15.7. The molecule has 29 heavy (non-hydrogen) atoms. The minimum atomic E-state index is -3.83. The number of nitrogens with zero attached hydrogens (tertiary/aromatic N) is 3. The van der Waals surface area contributed by atoms with Crippen LogP contribution in [0.5, 0.6) is 5.75 Å². The van der Waals surface area contributed by atoms with Crippen LogP contribution in [0.1, 0.15) is 19.8 Å². The quantitative estimate of drug-likeness (QED) is 0.491. The Morgan fingerprint density at radius 2 is 2.21 bits per heavy atom. The Kier molecular flexibility index (Phi) is 6.52. The van der Waals surface area contributed by atoms with Crippen molar-refractivity contribution in [1.29, 1.82) is 0 Å². The van der Waals surface area contributed by atoms with E-state index < -0.39 is 21.9 Å². The number of hydrogen-bond donors (Lipinski definition) is 0. The number of rotatable bonds is 6. The second-order valence-electron chi connectivity index (χ2n) is 6.51. The molecular weight excluding hydrogens is 417 g/mol. The first-order valence-electron chi connectivity index (χ1n) is 8.99. The van der Waals surface area contributed by atoms with Gasteiger partial charge in [-0.2, -0.15) is 4.31 Å². The molecule has 0 radical (unpaired) electrons. The molecule has 1 saturated heterocycles. The van der Waals surface area contributed by atoms with Gasteiger partial charge in [0.15, 0.2) is 5.03 Å². The van der Waals surface area contributed by atoms with Crippen LogP contribution in [0.25, 0.3) is 4.85 Å². The van der Waals surface area contributed by atoms with Crippen LogP contribution in [0.4, 0.5) is 10.1 Å². The summed E-state index contributed by atoms with van der Waals surface area (Å²) in [7, 11) is -3.83. The van der Waals surface area contributed by atoms with Gasteiger partial charge in [-0.15, -0.1) is 0 Å². The summed E-state index contributed by atoms with van der Waals surface area (Å²) in [4.78, 5) is 7.01. The summed E-state index contributed by atoms with van der Waals surface area (Å²) in [5.41, 5.74) is 0.711. The molecule has 1 aromatic carbocycles. The van der Waals surface area contributed by atoms with Gasteiger partial charge in [-0.3, -0.25) is 0 Å². The predicted octanol–water partition coefficient (Wildman–Crippen LogP) is 4.60. The van der Waals surface area contributed by atoms with E-state index in [2.05, 4.69) is 9.83 Å². The molecule has 6 nitrogen and oxygen atoms in total. The molecule has 0 spiro atoms. The Morgan fingerprint density at radius 3 is 2.83 bits per heavy atom. The zero-order chi connectivity index (χ0) is 21.0. The third-order valence-corrected chi connectivity index (χ3v) is 6.41. The van der Waals surface area contributed by atoms with Crippen molar-refractivity contribution in [2.45, 2.75) is 30.9 Å². The van der Waals surface area contributed by atoms with Crippen LogP contribution >= 0.6 is 11.6 Å². The molecule has 3 rings (SSSR count). The fourth-order valence-electron chi connectivity index (χ4n) is 2.96. The summed E-state index contributed by atoms with van der Waals surface area (Å²) in [6, 6.07) is 6.82. The van der Waals surface area contributed by atoms with Gasteiger partial charge in [0.1, 0.15) is 17.7 Å². The first-order valence-corrected chi connectivity index (χ1v) is 10.8. The maximum atomic E-state index is 13.9. The summed E-state index contributed by atoms with van der Waals surface area (Å²) in [6.07, 6.45) is 4.36. The van der Waals surface area contributed by atoms with Gasteiger partial charge in [-0.1, -0.05) is 31.0 Å². The van der Waals surface area contributed by atoms with E-state index in [-0.39, 0.29) is 29.6 Å². The topological polar surface area (TPSA) is 63.9 Å². The molecule has 1 aromatic heterocycles. The lowest BCUT2D eigenvalue weighted by molar-refractivity contribution is 0.240. The van der Waals surface area contributed by atoms with Gasteiger partial charge in [0.25, 0.3) is 10.0 Å². The Morgan fingerprint density at radius 1 is 1.41 bits per heavy atom. The molecule has 0 amide bonds. The van der Waals surface area contributed by atoms with Crippen molar-refractivity contribution in [3.8, 4) is 5.75 Å². The van der Waals surface area contributed by atoms with Gasteiger partial charge < -0.3 is 4.74 Å². The zero-order valence-corrected chi connectivity index (χ0v) is 17.3. The van der Waals surface area contributed by atoms with E-state index in [1.807, 2.05) is 13.0 Å². The summed E-state index contributed by atoms with van der Waals surface area (Å²) >= 11 is 5.80. The highest BCUT2D eigenvalue weighted by atomic mass is 35.5. The Hall–Kier alpha value is -2.47. The Bertz CT molecular complexity index is 1070. The highest BCUT2D eigenvalue weighted by molar-refractivity contribution is 7.89. The van der Waals surface area contributed by atoms with Crippen molar-refractivity contribution < 1.29 is 17.5 Å². The lowest BCUT2D eigenvalue weighted by Crippen LogP contribution is -2.31. The fraction of sp³-hybridized carbons (Fsp3) is 0.300. The highest BCUT2D eigenvalue weighted by Gasteiger charge is 2.37. The van der Waals surface area contributed by atoms with E-state index in [0.717, 1.165) is 24.5 Å². The Labute approximate surface area is 174 Å². The monoisotopic (exact) mass is 435 g/mol. The van der Waals surface area contributed by atoms with Crippen LogP contribution in [0.3, 0.4) is 0 Å². The van der Waals surface area contributed by atoms with Crippen molar-refractivity contribution >= 4 is 27.3 Å². The van der Waals surface area contributed by atoms with Crippen molar-refractivity contribution in [3.05, 3.63) is 70.4 Å². The smallest absolute Gasteiger partial charge is 0.260 e. The van der Waals surface area contributed by atoms with Gasteiger partial charge in [0.05, 0.1) is 18.1 Å². The van der Waals surface area contributed by atoms with Gasteiger partial charge >= 0.3 is 0 Å². The van der Waals surface area contributed by atoms with Crippen LogP contribution in [0.15, 0.2) is 53.2 Å². The molecule has 0 aliphatic carbocycles. The number of ether oxygens (including phenoxy) is 1. The van der Waals surface area contributed by atoms with Crippen molar-refractivity contribution in [2.75, 3.05) is 13.1 Å². The second kappa shape index (κ2) is 8.91. The van der Waals surface area contributed by atoms with Gasteiger partial charge in [-0.05, 0) is 36.3 Å². The van der Waals surface area contributed by atoms with E-state index >= 15 is 0 Å². The third-order valence-electron chi connectivity index (χ3n) is 4.46. The van der Waals surface area contributed by atoms with Crippen LogP contribution in [0.2, 0.25) is 5.02 Å². The number of pyridine rings is 1. The Balaban J connectivity index is 1.86. The predicted molar refractivity (Wildman–Crippen MR) is 108 cm³/mol. The molecular formula is C20H19ClFN3O3S. The SMILES string of the molecule is [C-]#[N+]c1ccc(O[C@H]2CN(S(=O)(=O)c3ccc(Cl)cn3)C/C2=C\CCC)cc1F. The maximum Gasteiger partial charge on any atom is 0.260 e. The fourth-order valence-corrected chi connectivity index (χ4v) is 4.41. The summed E-state index contributed by atoms with van der Waals surface area (Å²) < 4.78 is 47.0. The third kappa shape index (κ3) is 4.75. The van der Waals surface area contributed by atoms with Crippen molar-refractivity contribution in [2.24, 2.45) is 0 Å². The molecule has 9 heteroatoms. The largest absolute Gasteiger partial charge is 0.485 e. The molecule has 1 atom stereocenters. The number of sulfonamides is 1. The van der Waals surface area contributed by atoms with Crippen LogP contribution in [0, 0.1) is 12.4 Å². The number of unbranched alkanes of at least 4 members (excludes halogenated alkanes) is 1. The minimum absolute atomic E-state index is 0.0778. The normalized spacial score (nSPS) is 18.7. The molecule has 0 unspecified atom stereocenters. The lowest BCUT2D eigenvalue weighted by Gasteiger charge is -2.17. The molecule has 152 valence electrons. The average molecular weight is 436 g/mol. The molecule has 1 aliphatic rings. The van der Waals surface area contributed by atoms with E-state index in [1.165, 1.54) is 34.8 Å². The number of benzene rings is 1. The average Bonchev–Trinajstić information content (AvgIpc) is 3.10.